The molecule has 3 rings (SSSR count). The van der Waals surface area contributed by atoms with Gasteiger partial charge in [0.2, 0.25) is 0 Å². The molecule has 1 aliphatic heterocycles. The number of anilines is 1. The van der Waals surface area contributed by atoms with E-state index in [0.717, 1.165) is 47.5 Å². The first-order chi connectivity index (χ1) is 11.7. The van der Waals surface area contributed by atoms with Crippen molar-refractivity contribution in [2.24, 2.45) is 0 Å². The molecule has 1 aromatic heterocycles. The fourth-order valence-electron chi connectivity index (χ4n) is 3.04. The standard InChI is InChI=1S/C19H23N3O2/c1-3-15-18(13(2)10-11-20-15)22-19(23)21-16-8-6-12-24-17-9-5-4-7-14(16)17/h4-5,7,9-11,16H,3,6,8,12H2,1-2H3,(H2,21,22,23). The van der Waals surface area contributed by atoms with E-state index >= 15 is 0 Å². The number of amides is 2. The largest absolute Gasteiger partial charge is 0.493 e. The topological polar surface area (TPSA) is 63.2 Å². The van der Waals surface area contributed by atoms with Crippen LogP contribution < -0.4 is 15.4 Å². The van der Waals surface area contributed by atoms with Crippen molar-refractivity contribution >= 4 is 11.7 Å². The van der Waals surface area contributed by atoms with Crippen LogP contribution in [0.1, 0.15) is 42.6 Å². The summed E-state index contributed by atoms with van der Waals surface area (Å²) in [5, 5.41) is 6.06. The Balaban J connectivity index is 1.76. The second kappa shape index (κ2) is 7.34. The Hall–Kier alpha value is -2.56. The third-order valence-electron chi connectivity index (χ3n) is 4.31. The first kappa shape index (κ1) is 16.3. The molecular weight excluding hydrogens is 302 g/mol. The number of hydrogen-bond donors (Lipinski definition) is 2. The third-order valence-corrected chi connectivity index (χ3v) is 4.31. The van der Waals surface area contributed by atoms with E-state index in [1.807, 2.05) is 44.2 Å². The van der Waals surface area contributed by atoms with Crippen LogP contribution in [0.5, 0.6) is 5.75 Å². The highest BCUT2D eigenvalue weighted by Crippen LogP contribution is 2.31. The fourth-order valence-corrected chi connectivity index (χ4v) is 3.04. The van der Waals surface area contributed by atoms with Gasteiger partial charge in [-0.15, -0.1) is 0 Å². The number of fused-ring (bicyclic) bond motifs is 1. The van der Waals surface area contributed by atoms with Gasteiger partial charge >= 0.3 is 6.03 Å². The molecule has 1 aromatic carbocycles. The molecule has 0 saturated carbocycles. The number of pyridine rings is 1. The molecular formula is C19H23N3O2. The molecule has 126 valence electrons. The van der Waals surface area contributed by atoms with Gasteiger partial charge in [-0.3, -0.25) is 4.98 Å². The van der Waals surface area contributed by atoms with Crippen LogP contribution in [0, 0.1) is 6.92 Å². The van der Waals surface area contributed by atoms with Crippen LogP contribution in [0.4, 0.5) is 10.5 Å². The zero-order chi connectivity index (χ0) is 16.9. The quantitative estimate of drug-likeness (QED) is 0.897. The molecule has 0 fully saturated rings. The number of aromatic nitrogens is 1. The molecule has 2 N–H and O–H groups in total. The summed E-state index contributed by atoms with van der Waals surface area (Å²) in [4.78, 5) is 16.9. The van der Waals surface area contributed by atoms with E-state index in [9.17, 15) is 4.79 Å². The van der Waals surface area contributed by atoms with Crippen molar-refractivity contribution in [2.75, 3.05) is 11.9 Å². The van der Waals surface area contributed by atoms with Gasteiger partial charge in [0, 0.05) is 11.8 Å². The summed E-state index contributed by atoms with van der Waals surface area (Å²) in [6.45, 7) is 4.69. The number of rotatable bonds is 3. The van der Waals surface area contributed by atoms with Crippen molar-refractivity contribution < 1.29 is 9.53 Å². The van der Waals surface area contributed by atoms with Gasteiger partial charge in [0.1, 0.15) is 5.75 Å². The SMILES string of the molecule is CCc1nccc(C)c1NC(=O)NC1CCCOc2ccccc21. The number of hydrogen-bond acceptors (Lipinski definition) is 3. The van der Waals surface area contributed by atoms with E-state index in [1.165, 1.54) is 0 Å². The maximum atomic E-state index is 12.5. The average molecular weight is 325 g/mol. The molecule has 5 nitrogen and oxygen atoms in total. The monoisotopic (exact) mass is 325 g/mol. The number of aryl methyl sites for hydroxylation is 2. The van der Waals surface area contributed by atoms with Crippen molar-refractivity contribution in [1.29, 1.82) is 0 Å². The molecule has 5 heteroatoms. The molecule has 0 aliphatic carbocycles. The van der Waals surface area contributed by atoms with Gasteiger partial charge in [-0.05, 0) is 43.9 Å². The normalized spacial score (nSPS) is 16.5. The minimum absolute atomic E-state index is 0.0502. The van der Waals surface area contributed by atoms with Crippen molar-refractivity contribution in [3.8, 4) is 5.75 Å². The molecule has 0 spiro atoms. The van der Waals surface area contributed by atoms with E-state index in [-0.39, 0.29) is 12.1 Å². The molecule has 0 saturated heterocycles. The molecule has 1 aliphatic rings. The summed E-state index contributed by atoms with van der Waals surface area (Å²) in [7, 11) is 0. The van der Waals surface area contributed by atoms with E-state index in [2.05, 4.69) is 15.6 Å². The van der Waals surface area contributed by atoms with Crippen molar-refractivity contribution in [1.82, 2.24) is 10.3 Å². The molecule has 24 heavy (non-hydrogen) atoms. The van der Waals surface area contributed by atoms with Crippen molar-refractivity contribution in [3.63, 3.8) is 0 Å². The maximum Gasteiger partial charge on any atom is 0.319 e. The minimum Gasteiger partial charge on any atom is -0.493 e. The van der Waals surface area contributed by atoms with Gasteiger partial charge in [-0.25, -0.2) is 4.79 Å². The zero-order valence-corrected chi connectivity index (χ0v) is 14.1. The number of nitrogens with zero attached hydrogens (tertiary/aromatic N) is 1. The van der Waals surface area contributed by atoms with Crippen LogP contribution in [0.3, 0.4) is 0 Å². The second-order valence-corrected chi connectivity index (χ2v) is 5.98. The Morgan fingerprint density at radius 2 is 2.17 bits per heavy atom. The molecule has 2 heterocycles. The van der Waals surface area contributed by atoms with Gasteiger partial charge in [0.15, 0.2) is 0 Å². The van der Waals surface area contributed by atoms with Crippen LogP contribution in [-0.2, 0) is 6.42 Å². The number of benzene rings is 1. The van der Waals surface area contributed by atoms with Gasteiger partial charge in [0.05, 0.1) is 24.0 Å². The molecule has 1 unspecified atom stereocenters. The highest BCUT2D eigenvalue weighted by Gasteiger charge is 2.21. The van der Waals surface area contributed by atoms with E-state index in [1.54, 1.807) is 6.20 Å². The molecule has 0 bridgehead atoms. The number of carbonyl (C=O) groups excluding carboxylic acids is 1. The smallest absolute Gasteiger partial charge is 0.319 e. The van der Waals surface area contributed by atoms with Gasteiger partial charge in [-0.2, -0.15) is 0 Å². The van der Waals surface area contributed by atoms with Gasteiger partial charge < -0.3 is 15.4 Å². The Kier molecular flexibility index (Phi) is 4.99. The summed E-state index contributed by atoms with van der Waals surface area (Å²) >= 11 is 0. The summed E-state index contributed by atoms with van der Waals surface area (Å²) in [6, 6.07) is 9.54. The lowest BCUT2D eigenvalue weighted by Crippen LogP contribution is -2.33. The van der Waals surface area contributed by atoms with E-state index in [0.29, 0.717) is 6.61 Å². The highest BCUT2D eigenvalue weighted by atomic mass is 16.5. The predicted molar refractivity (Wildman–Crippen MR) is 94.4 cm³/mol. The lowest BCUT2D eigenvalue weighted by atomic mass is 10.0. The second-order valence-electron chi connectivity index (χ2n) is 5.98. The summed E-state index contributed by atoms with van der Waals surface area (Å²) in [5.74, 6) is 0.854. The predicted octanol–water partition coefficient (Wildman–Crippen LogP) is 3.99. The first-order valence-corrected chi connectivity index (χ1v) is 8.42. The first-order valence-electron chi connectivity index (χ1n) is 8.42. The van der Waals surface area contributed by atoms with Gasteiger partial charge in [-0.1, -0.05) is 25.1 Å². The van der Waals surface area contributed by atoms with Crippen LogP contribution in [0.25, 0.3) is 0 Å². The Morgan fingerprint density at radius 1 is 1.33 bits per heavy atom. The van der Waals surface area contributed by atoms with Crippen LogP contribution in [-0.4, -0.2) is 17.6 Å². The maximum absolute atomic E-state index is 12.5. The van der Waals surface area contributed by atoms with E-state index < -0.39 is 0 Å². The fraction of sp³-hybridized carbons (Fsp3) is 0.368. The van der Waals surface area contributed by atoms with Crippen LogP contribution in [0.2, 0.25) is 0 Å². The average Bonchev–Trinajstić information content (AvgIpc) is 2.79. The molecule has 0 radical (unpaired) electrons. The Bertz CT molecular complexity index is 730. The lowest BCUT2D eigenvalue weighted by Gasteiger charge is -2.20. The number of carbonyl (C=O) groups is 1. The Morgan fingerprint density at radius 3 is 3.00 bits per heavy atom. The van der Waals surface area contributed by atoms with E-state index in [4.69, 9.17) is 4.74 Å². The number of ether oxygens (including phenoxy) is 1. The summed E-state index contributed by atoms with van der Waals surface area (Å²) < 4.78 is 5.75. The van der Waals surface area contributed by atoms with Crippen LogP contribution >= 0.6 is 0 Å². The third kappa shape index (κ3) is 3.50. The van der Waals surface area contributed by atoms with Crippen molar-refractivity contribution in [3.05, 3.63) is 53.3 Å². The number of nitrogens with one attached hydrogen (secondary N) is 2. The lowest BCUT2D eigenvalue weighted by molar-refractivity contribution is 0.247. The summed E-state index contributed by atoms with van der Waals surface area (Å²) in [6.07, 6.45) is 4.32. The summed E-state index contributed by atoms with van der Waals surface area (Å²) in [5.41, 5.74) is 3.75. The Labute approximate surface area is 142 Å². The molecule has 1 atom stereocenters. The highest BCUT2D eigenvalue weighted by molar-refractivity contribution is 5.91. The molecule has 2 amide bonds. The zero-order valence-electron chi connectivity index (χ0n) is 14.1. The van der Waals surface area contributed by atoms with Gasteiger partial charge in [0.25, 0.3) is 0 Å². The minimum atomic E-state index is -0.206. The number of urea groups is 1. The molecule has 2 aromatic rings. The van der Waals surface area contributed by atoms with Crippen LogP contribution in [0.15, 0.2) is 36.5 Å². The van der Waals surface area contributed by atoms with Crippen molar-refractivity contribution in [2.45, 2.75) is 39.2 Å². The number of para-hydroxylation sites is 1.